The van der Waals surface area contributed by atoms with Crippen molar-refractivity contribution in [1.82, 2.24) is 25.0 Å². The Kier molecular flexibility index (Phi) is 6.39. The van der Waals surface area contributed by atoms with Crippen molar-refractivity contribution in [3.63, 3.8) is 0 Å². The molecule has 9 heteroatoms. The van der Waals surface area contributed by atoms with Crippen LogP contribution in [0.3, 0.4) is 0 Å². The highest BCUT2D eigenvalue weighted by Crippen LogP contribution is 2.27. The van der Waals surface area contributed by atoms with Gasteiger partial charge in [-0.2, -0.15) is 5.10 Å². The highest BCUT2D eigenvalue weighted by atomic mass is 16.1. The number of carbonyl (C=O) groups excluding carboxylic acids is 1. The average Bonchev–Trinajstić information content (AvgIpc) is 3.44. The van der Waals surface area contributed by atoms with Gasteiger partial charge < -0.3 is 20.9 Å². The molecule has 2 saturated heterocycles. The molecule has 0 aromatic carbocycles. The second-order valence-corrected chi connectivity index (χ2v) is 8.43. The fraction of sp³-hybridized carbons (Fsp3) is 0.545. The number of hydrogen-bond acceptors (Lipinski definition) is 5. The highest BCUT2D eigenvalue weighted by molar-refractivity contribution is 5.80. The van der Waals surface area contributed by atoms with Gasteiger partial charge in [0, 0.05) is 76.6 Å². The van der Waals surface area contributed by atoms with Crippen molar-refractivity contribution in [1.29, 1.82) is 0 Å². The number of nitrogens with two attached hydrogens (primary N) is 1. The molecule has 3 N–H and O–H groups in total. The molecule has 2 aliphatic rings. The van der Waals surface area contributed by atoms with Gasteiger partial charge in [-0.05, 0) is 30.9 Å². The minimum atomic E-state index is -0.193. The van der Waals surface area contributed by atoms with Crippen molar-refractivity contribution in [3.8, 4) is 0 Å². The van der Waals surface area contributed by atoms with E-state index in [1.54, 1.807) is 0 Å². The van der Waals surface area contributed by atoms with E-state index >= 15 is 0 Å². The predicted molar refractivity (Wildman–Crippen MR) is 121 cm³/mol. The summed E-state index contributed by atoms with van der Waals surface area (Å²) in [6.07, 6.45) is 8.56. The smallest absolute Gasteiger partial charge is 0.220 e. The molecule has 0 saturated carbocycles. The summed E-state index contributed by atoms with van der Waals surface area (Å²) in [7, 11) is 3.79. The Hall–Kier alpha value is -3.10. The van der Waals surface area contributed by atoms with Crippen LogP contribution in [0, 0.1) is 5.92 Å². The number of nitrogens with one attached hydrogen (secondary N) is 1. The van der Waals surface area contributed by atoms with Crippen molar-refractivity contribution >= 4 is 17.7 Å². The van der Waals surface area contributed by atoms with E-state index in [1.807, 2.05) is 37.2 Å². The van der Waals surface area contributed by atoms with Crippen LogP contribution in [0.2, 0.25) is 0 Å². The molecule has 9 nitrogen and oxygen atoms in total. The normalized spacial score (nSPS) is 20.3. The lowest BCUT2D eigenvalue weighted by atomic mass is 9.96. The lowest BCUT2D eigenvalue weighted by Gasteiger charge is -2.32. The summed E-state index contributed by atoms with van der Waals surface area (Å²) in [5.74, 6) is 2.15. The SMILES string of the molecule is CN=C(NCc1cccnc1N1CCC(C(N)=O)CC1)N1CCC(c2cnn(C)c2)C1. The zero-order valence-corrected chi connectivity index (χ0v) is 18.4. The van der Waals surface area contributed by atoms with E-state index in [2.05, 4.69) is 42.5 Å². The van der Waals surface area contributed by atoms with Crippen LogP contribution >= 0.6 is 0 Å². The summed E-state index contributed by atoms with van der Waals surface area (Å²) in [6, 6.07) is 4.07. The molecule has 2 aromatic rings. The van der Waals surface area contributed by atoms with E-state index in [4.69, 9.17) is 5.73 Å². The summed E-state index contributed by atoms with van der Waals surface area (Å²) in [5.41, 5.74) is 7.90. The molecular formula is C22H32N8O. The minimum absolute atomic E-state index is 0.0247. The molecule has 31 heavy (non-hydrogen) atoms. The number of primary amides is 1. The number of hydrogen-bond donors (Lipinski definition) is 2. The van der Waals surface area contributed by atoms with E-state index in [-0.39, 0.29) is 11.8 Å². The second-order valence-electron chi connectivity index (χ2n) is 8.43. The third-order valence-corrected chi connectivity index (χ3v) is 6.40. The zero-order valence-electron chi connectivity index (χ0n) is 18.4. The summed E-state index contributed by atoms with van der Waals surface area (Å²) < 4.78 is 1.86. The van der Waals surface area contributed by atoms with Crippen LogP contribution in [0.4, 0.5) is 5.82 Å². The van der Waals surface area contributed by atoms with Crippen molar-refractivity contribution in [2.45, 2.75) is 31.7 Å². The first kappa shape index (κ1) is 21.1. The minimum Gasteiger partial charge on any atom is -0.369 e. The van der Waals surface area contributed by atoms with Gasteiger partial charge in [-0.3, -0.25) is 14.5 Å². The Morgan fingerprint density at radius 2 is 2.10 bits per heavy atom. The Labute approximate surface area is 183 Å². The summed E-state index contributed by atoms with van der Waals surface area (Å²) in [4.78, 5) is 25.2. The topological polar surface area (TPSA) is 105 Å². The molecule has 2 aliphatic heterocycles. The molecule has 0 aliphatic carbocycles. The van der Waals surface area contributed by atoms with Crippen molar-refractivity contribution in [2.24, 2.45) is 23.7 Å². The van der Waals surface area contributed by atoms with E-state index in [0.717, 1.165) is 62.8 Å². The number of piperidine rings is 1. The third-order valence-electron chi connectivity index (χ3n) is 6.40. The maximum absolute atomic E-state index is 11.5. The van der Waals surface area contributed by atoms with Gasteiger partial charge in [-0.1, -0.05) is 6.07 Å². The first-order valence-corrected chi connectivity index (χ1v) is 11.0. The van der Waals surface area contributed by atoms with Gasteiger partial charge in [0.1, 0.15) is 5.82 Å². The summed E-state index contributed by atoms with van der Waals surface area (Å²) >= 11 is 0. The molecular weight excluding hydrogens is 392 g/mol. The number of likely N-dealkylation sites (tertiary alicyclic amines) is 1. The highest BCUT2D eigenvalue weighted by Gasteiger charge is 2.28. The Morgan fingerprint density at radius 3 is 2.77 bits per heavy atom. The first-order valence-electron chi connectivity index (χ1n) is 11.0. The van der Waals surface area contributed by atoms with Gasteiger partial charge in [0.15, 0.2) is 5.96 Å². The second kappa shape index (κ2) is 9.36. The van der Waals surface area contributed by atoms with E-state index in [0.29, 0.717) is 12.5 Å². The van der Waals surface area contributed by atoms with Gasteiger partial charge in [0.25, 0.3) is 0 Å². The standard InChI is InChI=1S/C22H32N8O/c1-24-22(30-11-7-18(15-30)19-13-27-28(2)14-19)26-12-17-4-3-8-25-21(17)29-9-5-16(6-10-29)20(23)31/h3-4,8,13-14,16,18H,5-7,9-12,15H2,1-2H3,(H2,23,31)(H,24,26). The van der Waals surface area contributed by atoms with Gasteiger partial charge in [-0.15, -0.1) is 0 Å². The van der Waals surface area contributed by atoms with Gasteiger partial charge in [-0.25, -0.2) is 4.98 Å². The van der Waals surface area contributed by atoms with Crippen LogP contribution in [0.1, 0.15) is 36.3 Å². The summed E-state index contributed by atoms with van der Waals surface area (Å²) in [6.45, 7) is 4.15. The van der Waals surface area contributed by atoms with Crippen LogP contribution in [0.5, 0.6) is 0 Å². The number of amides is 1. The van der Waals surface area contributed by atoms with Crippen LogP contribution in [-0.4, -0.2) is 64.8 Å². The molecule has 2 aromatic heterocycles. The number of aromatic nitrogens is 3. The monoisotopic (exact) mass is 424 g/mol. The predicted octanol–water partition coefficient (Wildman–Crippen LogP) is 1.08. The number of aryl methyl sites for hydroxylation is 1. The van der Waals surface area contributed by atoms with Crippen LogP contribution in [0.25, 0.3) is 0 Å². The molecule has 166 valence electrons. The zero-order chi connectivity index (χ0) is 21.8. The molecule has 1 amide bonds. The molecule has 1 atom stereocenters. The maximum Gasteiger partial charge on any atom is 0.220 e. The van der Waals surface area contributed by atoms with Crippen molar-refractivity contribution in [3.05, 3.63) is 41.9 Å². The number of guanidine groups is 1. The fourth-order valence-corrected chi connectivity index (χ4v) is 4.61. The van der Waals surface area contributed by atoms with Crippen LogP contribution in [0.15, 0.2) is 35.7 Å². The Balaban J connectivity index is 1.37. The maximum atomic E-state index is 11.5. The van der Waals surface area contributed by atoms with Gasteiger partial charge in [0.05, 0.1) is 6.20 Å². The molecule has 1 unspecified atom stereocenters. The van der Waals surface area contributed by atoms with Gasteiger partial charge in [0.2, 0.25) is 5.91 Å². The molecule has 0 bridgehead atoms. The van der Waals surface area contributed by atoms with Crippen molar-refractivity contribution < 1.29 is 4.79 Å². The molecule has 4 rings (SSSR count). The Morgan fingerprint density at radius 1 is 1.29 bits per heavy atom. The van der Waals surface area contributed by atoms with E-state index < -0.39 is 0 Å². The quantitative estimate of drug-likeness (QED) is 0.550. The number of anilines is 1. The van der Waals surface area contributed by atoms with Crippen LogP contribution < -0.4 is 16.0 Å². The number of rotatable bonds is 5. The third kappa shape index (κ3) is 4.81. The number of aliphatic imine (C=N–C) groups is 1. The summed E-state index contributed by atoms with van der Waals surface area (Å²) in [5, 5.41) is 7.84. The van der Waals surface area contributed by atoms with Crippen LogP contribution in [-0.2, 0) is 18.4 Å². The Bertz CT molecular complexity index is 931. The largest absolute Gasteiger partial charge is 0.369 e. The number of carbonyl (C=O) groups is 1. The number of pyridine rings is 1. The fourth-order valence-electron chi connectivity index (χ4n) is 4.61. The molecule has 2 fully saturated rings. The molecule has 4 heterocycles. The lowest BCUT2D eigenvalue weighted by Crippen LogP contribution is -2.41. The van der Waals surface area contributed by atoms with Crippen molar-refractivity contribution in [2.75, 3.05) is 38.1 Å². The van der Waals surface area contributed by atoms with E-state index in [9.17, 15) is 4.79 Å². The average molecular weight is 425 g/mol. The molecule has 0 spiro atoms. The van der Waals surface area contributed by atoms with Gasteiger partial charge >= 0.3 is 0 Å². The first-order chi connectivity index (χ1) is 15.0. The van der Waals surface area contributed by atoms with E-state index in [1.165, 1.54) is 5.56 Å². The lowest BCUT2D eigenvalue weighted by molar-refractivity contribution is -0.122. The molecule has 0 radical (unpaired) electrons. The number of nitrogens with zero attached hydrogens (tertiary/aromatic N) is 6.